The lowest BCUT2D eigenvalue weighted by atomic mass is 9.98. The molecular weight excluding hydrogens is 214 g/mol. The molecule has 0 aromatic heterocycles. The molecule has 2 N–H and O–H groups in total. The maximum Gasteiger partial charge on any atom is 0.0898 e. The summed E-state index contributed by atoms with van der Waals surface area (Å²) in [4.78, 5) is 0. The zero-order valence-electron chi connectivity index (χ0n) is 11.7. The number of hydrogen-bond acceptors (Lipinski definition) is 3. The molecule has 0 amide bonds. The molecule has 0 radical (unpaired) electrons. The molecule has 1 unspecified atom stereocenters. The lowest BCUT2D eigenvalue weighted by Crippen LogP contribution is -2.44. The highest BCUT2D eigenvalue weighted by atomic mass is 16.5. The minimum absolute atomic E-state index is 0.103. The smallest absolute Gasteiger partial charge is 0.0898 e. The molecule has 1 fully saturated rings. The Morgan fingerprint density at radius 3 is 2.53 bits per heavy atom. The van der Waals surface area contributed by atoms with Crippen LogP contribution in [-0.4, -0.2) is 36.0 Å². The standard InChI is InChI=1S/C14H29NO2/c1-4-14(2,3)15-10-12(16)11-17-13-8-6-5-7-9-13/h12-13,15-16H,4-11H2,1-3H3. The molecule has 0 bridgehead atoms. The number of nitrogens with one attached hydrogen (secondary N) is 1. The number of rotatable bonds is 7. The number of β-amino-alcohol motifs (C(OH)–C–C–N with tert-alkyl or cyclic N) is 1. The normalized spacial score (nSPS) is 20.5. The van der Waals surface area contributed by atoms with Gasteiger partial charge in [0.05, 0.1) is 18.8 Å². The highest BCUT2D eigenvalue weighted by Gasteiger charge is 2.18. The van der Waals surface area contributed by atoms with Gasteiger partial charge in [0.2, 0.25) is 0 Å². The van der Waals surface area contributed by atoms with E-state index in [4.69, 9.17) is 4.74 Å². The van der Waals surface area contributed by atoms with Crippen molar-refractivity contribution in [1.82, 2.24) is 5.32 Å². The Hall–Kier alpha value is -0.120. The minimum Gasteiger partial charge on any atom is -0.389 e. The summed E-state index contributed by atoms with van der Waals surface area (Å²) in [5, 5.41) is 13.2. The lowest BCUT2D eigenvalue weighted by molar-refractivity contribution is -0.0245. The van der Waals surface area contributed by atoms with E-state index in [1.807, 2.05) is 0 Å². The van der Waals surface area contributed by atoms with Gasteiger partial charge < -0.3 is 15.2 Å². The van der Waals surface area contributed by atoms with Crippen molar-refractivity contribution in [2.24, 2.45) is 0 Å². The molecule has 0 aliphatic heterocycles. The summed E-state index contributed by atoms with van der Waals surface area (Å²) in [5.74, 6) is 0. The Bertz CT molecular complexity index is 200. The molecular formula is C14H29NO2. The predicted octanol–water partition coefficient (Wildman–Crippen LogP) is 2.47. The van der Waals surface area contributed by atoms with Gasteiger partial charge in [-0.15, -0.1) is 0 Å². The molecule has 0 aromatic carbocycles. The SMILES string of the molecule is CCC(C)(C)NCC(O)COC1CCCCC1. The molecule has 1 aliphatic rings. The van der Waals surface area contributed by atoms with Gasteiger partial charge in [-0.3, -0.25) is 0 Å². The first-order valence-corrected chi connectivity index (χ1v) is 7.08. The van der Waals surface area contributed by atoms with Crippen LogP contribution < -0.4 is 5.32 Å². The Balaban J connectivity index is 2.10. The fraction of sp³-hybridized carbons (Fsp3) is 1.00. The number of aliphatic hydroxyl groups is 1. The topological polar surface area (TPSA) is 41.5 Å². The van der Waals surface area contributed by atoms with E-state index in [-0.39, 0.29) is 11.6 Å². The van der Waals surface area contributed by atoms with Gasteiger partial charge >= 0.3 is 0 Å². The number of aliphatic hydroxyl groups excluding tert-OH is 1. The van der Waals surface area contributed by atoms with Crippen LogP contribution in [0.15, 0.2) is 0 Å². The highest BCUT2D eigenvalue weighted by molar-refractivity contribution is 4.77. The summed E-state index contributed by atoms with van der Waals surface area (Å²) in [6.07, 6.45) is 7.29. The molecule has 0 heterocycles. The van der Waals surface area contributed by atoms with Crippen LogP contribution in [0.2, 0.25) is 0 Å². The second-order valence-corrected chi connectivity index (χ2v) is 5.87. The summed E-state index contributed by atoms with van der Waals surface area (Å²) < 4.78 is 5.75. The second kappa shape index (κ2) is 7.34. The van der Waals surface area contributed by atoms with E-state index < -0.39 is 0 Å². The summed E-state index contributed by atoms with van der Waals surface area (Å²) in [7, 11) is 0. The van der Waals surface area contributed by atoms with Gasteiger partial charge in [0.25, 0.3) is 0 Å². The average Bonchev–Trinajstić information content (AvgIpc) is 2.35. The summed E-state index contributed by atoms with van der Waals surface area (Å²) >= 11 is 0. The summed E-state index contributed by atoms with van der Waals surface area (Å²) in [5.41, 5.74) is 0.103. The monoisotopic (exact) mass is 243 g/mol. The molecule has 0 aromatic rings. The van der Waals surface area contributed by atoms with E-state index in [1.54, 1.807) is 0 Å². The van der Waals surface area contributed by atoms with E-state index >= 15 is 0 Å². The molecule has 0 saturated heterocycles. The van der Waals surface area contributed by atoms with Gasteiger partial charge in [0, 0.05) is 12.1 Å². The van der Waals surface area contributed by atoms with Crippen LogP contribution in [-0.2, 0) is 4.74 Å². The molecule has 1 atom stereocenters. The van der Waals surface area contributed by atoms with Crippen molar-refractivity contribution in [1.29, 1.82) is 0 Å². The quantitative estimate of drug-likeness (QED) is 0.722. The van der Waals surface area contributed by atoms with Crippen LogP contribution in [0.3, 0.4) is 0 Å². The van der Waals surface area contributed by atoms with E-state index in [0.717, 1.165) is 6.42 Å². The predicted molar refractivity (Wildman–Crippen MR) is 71.2 cm³/mol. The Labute approximate surface area is 106 Å². The van der Waals surface area contributed by atoms with Crippen molar-refractivity contribution in [2.75, 3.05) is 13.2 Å². The van der Waals surface area contributed by atoms with Crippen molar-refractivity contribution < 1.29 is 9.84 Å². The minimum atomic E-state index is -0.386. The molecule has 3 heteroatoms. The maximum atomic E-state index is 9.85. The molecule has 102 valence electrons. The number of hydrogen-bond donors (Lipinski definition) is 2. The van der Waals surface area contributed by atoms with Crippen molar-refractivity contribution in [3.8, 4) is 0 Å². The molecule has 1 rings (SSSR count). The molecule has 1 aliphatic carbocycles. The average molecular weight is 243 g/mol. The highest BCUT2D eigenvalue weighted by Crippen LogP contribution is 2.20. The maximum absolute atomic E-state index is 9.85. The molecule has 17 heavy (non-hydrogen) atoms. The lowest BCUT2D eigenvalue weighted by Gasteiger charge is -2.27. The van der Waals surface area contributed by atoms with Crippen molar-refractivity contribution in [2.45, 2.75) is 77.0 Å². The zero-order chi connectivity index (χ0) is 12.7. The van der Waals surface area contributed by atoms with Gasteiger partial charge in [0.1, 0.15) is 0 Å². The Kier molecular flexibility index (Phi) is 6.45. The van der Waals surface area contributed by atoms with Crippen LogP contribution >= 0.6 is 0 Å². The van der Waals surface area contributed by atoms with Crippen LogP contribution in [0.4, 0.5) is 0 Å². The van der Waals surface area contributed by atoms with Gasteiger partial charge in [-0.25, -0.2) is 0 Å². The molecule has 1 saturated carbocycles. The van der Waals surface area contributed by atoms with Gasteiger partial charge in [0.15, 0.2) is 0 Å². The third-order valence-electron chi connectivity index (χ3n) is 3.78. The molecule has 0 spiro atoms. The number of ether oxygens (including phenoxy) is 1. The van der Waals surface area contributed by atoms with E-state index in [9.17, 15) is 5.11 Å². The third-order valence-corrected chi connectivity index (χ3v) is 3.78. The largest absolute Gasteiger partial charge is 0.389 e. The zero-order valence-corrected chi connectivity index (χ0v) is 11.7. The Morgan fingerprint density at radius 1 is 1.29 bits per heavy atom. The van der Waals surface area contributed by atoms with Crippen LogP contribution in [0.5, 0.6) is 0 Å². The van der Waals surface area contributed by atoms with Crippen LogP contribution in [0.1, 0.15) is 59.3 Å². The third kappa shape index (κ3) is 6.39. The summed E-state index contributed by atoms with van der Waals surface area (Å²) in [6, 6.07) is 0. The van der Waals surface area contributed by atoms with Crippen LogP contribution in [0, 0.1) is 0 Å². The fourth-order valence-electron chi connectivity index (χ4n) is 2.06. The van der Waals surface area contributed by atoms with Crippen molar-refractivity contribution in [3.05, 3.63) is 0 Å². The fourth-order valence-corrected chi connectivity index (χ4v) is 2.06. The first-order valence-electron chi connectivity index (χ1n) is 7.08. The van der Waals surface area contributed by atoms with Gasteiger partial charge in [-0.2, -0.15) is 0 Å². The second-order valence-electron chi connectivity index (χ2n) is 5.87. The van der Waals surface area contributed by atoms with Crippen LogP contribution in [0.25, 0.3) is 0 Å². The van der Waals surface area contributed by atoms with Crippen molar-refractivity contribution in [3.63, 3.8) is 0 Å². The van der Waals surface area contributed by atoms with Gasteiger partial charge in [-0.1, -0.05) is 26.2 Å². The van der Waals surface area contributed by atoms with E-state index in [1.165, 1.54) is 32.1 Å². The molecule has 3 nitrogen and oxygen atoms in total. The Morgan fingerprint density at radius 2 is 1.94 bits per heavy atom. The van der Waals surface area contributed by atoms with Gasteiger partial charge in [-0.05, 0) is 33.1 Å². The summed E-state index contributed by atoms with van der Waals surface area (Å²) in [6.45, 7) is 7.55. The first-order chi connectivity index (χ1) is 8.03. The van der Waals surface area contributed by atoms with E-state index in [2.05, 4.69) is 26.1 Å². The first kappa shape index (κ1) is 14.9. The van der Waals surface area contributed by atoms with Crippen molar-refractivity contribution >= 4 is 0 Å². The van der Waals surface area contributed by atoms with E-state index in [0.29, 0.717) is 19.3 Å².